The van der Waals surface area contributed by atoms with Gasteiger partial charge in [0.05, 0.1) is 12.1 Å². The zero-order valence-corrected chi connectivity index (χ0v) is 14.6. The lowest BCUT2D eigenvalue weighted by atomic mass is 9.78. The Morgan fingerprint density at radius 1 is 1.22 bits per heavy atom. The van der Waals surface area contributed by atoms with Crippen LogP contribution in [-0.4, -0.2) is 70.7 Å². The molecule has 0 aromatic heterocycles. The molecule has 0 aromatic rings. The van der Waals surface area contributed by atoms with Crippen molar-refractivity contribution in [2.75, 3.05) is 32.8 Å². The fraction of sp³-hybridized carbons (Fsp3) is 0.882. The molecule has 1 N–H and O–H groups in total. The third-order valence-corrected chi connectivity index (χ3v) is 5.14. The standard InChI is InChI=1S/C17H30N2O4/c1-4-23-15(21)16(3,22)12-18-10-11-19(14(2)20)17(13-18)8-6-5-7-9-17/h22H,4-13H2,1-3H3/t16-/m1/s1. The summed E-state index contributed by atoms with van der Waals surface area (Å²) in [4.78, 5) is 28.1. The topological polar surface area (TPSA) is 70.1 Å². The van der Waals surface area contributed by atoms with Gasteiger partial charge in [0.15, 0.2) is 5.60 Å². The quantitative estimate of drug-likeness (QED) is 0.785. The van der Waals surface area contributed by atoms with E-state index in [2.05, 4.69) is 4.90 Å². The number of carbonyl (C=O) groups excluding carboxylic acids is 2. The molecule has 6 nitrogen and oxygen atoms in total. The molecule has 2 rings (SSSR count). The van der Waals surface area contributed by atoms with Gasteiger partial charge in [-0.1, -0.05) is 19.3 Å². The van der Waals surface area contributed by atoms with E-state index in [0.717, 1.165) is 32.2 Å². The Hall–Kier alpha value is -1.14. The van der Waals surface area contributed by atoms with Gasteiger partial charge in [0.25, 0.3) is 0 Å². The van der Waals surface area contributed by atoms with E-state index in [-0.39, 0.29) is 24.6 Å². The lowest BCUT2D eigenvalue weighted by Gasteiger charge is -2.53. The van der Waals surface area contributed by atoms with Gasteiger partial charge in [-0.3, -0.25) is 9.69 Å². The first-order valence-electron chi connectivity index (χ1n) is 8.71. The fourth-order valence-electron chi connectivity index (χ4n) is 4.11. The summed E-state index contributed by atoms with van der Waals surface area (Å²) in [7, 11) is 0. The zero-order valence-electron chi connectivity index (χ0n) is 14.6. The van der Waals surface area contributed by atoms with E-state index in [4.69, 9.17) is 4.74 Å². The van der Waals surface area contributed by atoms with Crippen LogP contribution in [0.15, 0.2) is 0 Å². The first-order chi connectivity index (χ1) is 10.8. The highest BCUT2D eigenvalue weighted by Crippen LogP contribution is 2.37. The monoisotopic (exact) mass is 326 g/mol. The zero-order chi connectivity index (χ0) is 17.1. The summed E-state index contributed by atoms with van der Waals surface area (Å²) < 4.78 is 4.96. The highest BCUT2D eigenvalue weighted by molar-refractivity contribution is 5.79. The number of aliphatic hydroxyl groups is 1. The number of hydrogen-bond donors (Lipinski definition) is 1. The maximum Gasteiger partial charge on any atom is 0.339 e. The van der Waals surface area contributed by atoms with Gasteiger partial charge in [0, 0.05) is 33.1 Å². The van der Waals surface area contributed by atoms with E-state index < -0.39 is 11.6 Å². The van der Waals surface area contributed by atoms with Crippen LogP contribution in [0.2, 0.25) is 0 Å². The van der Waals surface area contributed by atoms with Gasteiger partial charge in [-0.05, 0) is 26.7 Å². The number of β-amino-alcohol motifs (C(OH)–C–C–N with tert-alkyl or cyclic N) is 1. The molecule has 1 heterocycles. The maximum absolute atomic E-state index is 12.0. The molecule has 0 radical (unpaired) electrons. The molecule has 1 atom stereocenters. The van der Waals surface area contributed by atoms with Gasteiger partial charge < -0.3 is 14.7 Å². The molecular weight excluding hydrogens is 296 g/mol. The lowest BCUT2D eigenvalue weighted by molar-refractivity contribution is -0.167. The molecule has 2 fully saturated rings. The Morgan fingerprint density at radius 2 is 1.87 bits per heavy atom. The third kappa shape index (κ3) is 4.04. The van der Waals surface area contributed by atoms with E-state index in [9.17, 15) is 14.7 Å². The number of hydrogen-bond acceptors (Lipinski definition) is 5. The molecule has 0 aromatic carbocycles. The average molecular weight is 326 g/mol. The Morgan fingerprint density at radius 3 is 2.43 bits per heavy atom. The number of piperazine rings is 1. The Balaban J connectivity index is 2.08. The molecule has 1 saturated heterocycles. The van der Waals surface area contributed by atoms with Gasteiger partial charge in [-0.25, -0.2) is 4.79 Å². The highest BCUT2D eigenvalue weighted by Gasteiger charge is 2.45. The summed E-state index contributed by atoms with van der Waals surface area (Å²) in [6.45, 7) is 7.46. The highest BCUT2D eigenvalue weighted by atomic mass is 16.5. The van der Waals surface area contributed by atoms with Gasteiger partial charge in [-0.2, -0.15) is 0 Å². The van der Waals surface area contributed by atoms with Crippen molar-refractivity contribution in [2.45, 2.75) is 64.0 Å². The molecule has 2 aliphatic rings. The maximum atomic E-state index is 12.0. The van der Waals surface area contributed by atoms with Gasteiger partial charge in [-0.15, -0.1) is 0 Å². The van der Waals surface area contributed by atoms with Crippen LogP contribution in [0.25, 0.3) is 0 Å². The summed E-state index contributed by atoms with van der Waals surface area (Å²) in [5.74, 6) is -0.449. The molecule has 1 aliphatic carbocycles. The number of amides is 1. The minimum absolute atomic E-state index is 0.128. The second kappa shape index (κ2) is 7.18. The minimum atomic E-state index is -1.51. The van der Waals surface area contributed by atoms with Crippen LogP contribution in [-0.2, 0) is 14.3 Å². The van der Waals surface area contributed by atoms with Crippen LogP contribution < -0.4 is 0 Å². The third-order valence-electron chi connectivity index (χ3n) is 5.14. The molecule has 1 amide bonds. The average Bonchev–Trinajstić information content (AvgIpc) is 2.47. The minimum Gasteiger partial charge on any atom is -0.464 e. The Labute approximate surface area is 138 Å². The molecular formula is C17H30N2O4. The van der Waals surface area contributed by atoms with Crippen LogP contribution >= 0.6 is 0 Å². The first kappa shape index (κ1) is 18.2. The summed E-state index contributed by atoms with van der Waals surface area (Å²) in [5.41, 5.74) is -1.64. The number of esters is 1. The molecule has 23 heavy (non-hydrogen) atoms. The molecule has 0 unspecified atom stereocenters. The Bertz CT molecular complexity index is 444. The van der Waals surface area contributed by atoms with Crippen LogP contribution in [0.3, 0.4) is 0 Å². The van der Waals surface area contributed by atoms with E-state index in [1.54, 1.807) is 13.8 Å². The van der Waals surface area contributed by atoms with Crippen molar-refractivity contribution in [1.29, 1.82) is 0 Å². The largest absolute Gasteiger partial charge is 0.464 e. The van der Waals surface area contributed by atoms with Crippen molar-refractivity contribution in [2.24, 2.45) is 0 Å². The second-order valence-electron chi connectivity index (χ2n) is 7.16. The van der Waals surface area contributed by atoms with Gasteiger partial charge >= 0.3 is 5.97 Å². The summed E-state index contributed by atoms with van der Waals surface area (Å²) in [5, 5.41) is 10.4. The predicted molar refractivity (Wildman–Crippen MR) is 86.9 cm³/mol. The number of rotatable bonds is 4. The molecule has 1 saturated carbocycles. The van der Waals surface area contributed by atoms with Crippen LogP contribution in [0.1, 0.15) is 52.9 Å². The smallest absolute Gasteiger partial charge is 0.339 e. The van der Waals surface area contributed by atoms with Crippen molar-refractivity contribution in [3.8, 4) is 0 Å². The molecule has 1 aliphatic heterocycles. The lowest BCUT2D eigenvalue weighted by Crippen LogP contribution is -2.66. The van der Waals surface area contributed by atoms with E-state index in [0.29, 0.717) is 13.1 Å². The summed E-state index contributed by atoms with van der Waals surface area (Å²) >= 11 is 0. The van der Waals surface area contributed by atoms with E-state index >= 15 is 0 Å². The number of carbonyl (C=O) groups is 2. The van der Waals surface area contributed by atoms with Crippen molar-refractivity contribution < 1.29 is 19.4 Å². The summed E-state index contributed by atoms with van der Waals surface area (Å²) in [6.07, 6.45) is 5.49. The van der Waals surface area contributed by atoms with Crippen molar-refractivity contribution >= 4 is 11.9 Å². The second-order valence-corrected chi connectivity index (χ2v) is 7.16. The predicted octanol–water partition coefficient (Wildman–Crippen LogP) is 1.17. The molecule has 6 heteroatoms. The number of nitrogens with zero attached hydrogens (tertiary/aromatic N) is 2. The molecule has 1 spiro atoms. The van der Waals surface area contributed by atoms with Gasteiger partial charge in [0.1, 0.15) is 0 Å². The van der Waals surface area contributed by atoms with Crippen LogP contribution in [0.4, 0.5) is 0 Å². The number of ether oxygens (including phenoxy) is 1. The summed E-state index contributed by atoms with van der Waals surface area (Å²) in [6, 6.07) is 0. The first-order valence-corrected chi connectivity index (χ1v) is 8.71. The Kier molecular flexibility index (Phi) is 5.68. The van der Waals surface area contributed by atoms with Crippen molar-refractivity contribution in [3.05, 3.63) is 0 Å². The van der Waals surface area contributed by atoms with Crippen molar-refractivity contribution in [3.63, 3.8) is 0 Å². The SMILES string of the molecule is CCOC(=O)[C@](C)(O)CN1CCN(C(C)=O)C2(CCCCC2)C1. The van der Waals surface area contributed by atoms with E-state index in [1.165, 1.54) is 13.3 Å². The van der Waals surface area contributed by atoms with Crippen LogP contribution in [0.5, 0.6) is 0 Å². The molecule has 0 bridgehead atoms. The van der Waals surface area contributed by atoms with Gasteiger partial charge in [0.2, 0.25) is 5.91 Å². The van der Waals surface area contributed by atoms with E-state index in [1.807, 2.05) is 4.90 Å². The fourth-order valence-corrected chi connectivity index (χ4v) is 4.11. The normalized spacial score (nSPS) is 24.3. The van der Waals surface area contributed by atoms with Crippen molar-refractivity contribution in [1.82, 2.24) is 9.80 Å². The molecule has 132 valence electrons. The van der Waals surface area contributed by atoms with Crippen LogP contribution in [0, 0.1) is 0 Å².